The molecule has 1 saturated heterocycles. The van der Waals surface area contributed by atoms with Crippen LogP contribution in [0, 0.1) is 0 Å². The lowest BCUT2D eigenvalue weighted by Crippen LogP contribution is -2.33. The van der Waals surface area contributed by atoms with Gasteiger partial charge in [-0.15, -0.1) is 0 Å². The van der Waals surface area contributed by atoms with Gasteiger partial charge in [-0.05, 0) is 31.9 Å². The van der Waals surface area contributed by atoms with E-state index in [2.05, 4.69) is 39.4 Å². The molecule has 108 valence electrons. The summed E-state index contributed by atoms with van der Waals surface area (Å²) in [5.74, 6) is 0.594. The molecule has 1 fully saturated rings. The summed E-state index contributed by atoms with van der Waals surface area (Å²) in [6.07, 6.45) is 9.69. The number of hydrogen-bond donors (Lipinski definition) is 1. The van der Waals surface area contributed by atoms with Gasteiger partial charge in [-0.1, -0.05) is 6.92 Å². The molecule has 3 heterocycles. The molecule has 5 heteroatoms. The molecule has 0 aromatic carbocycles. The summed E-state index contributed by atoms with van der Waals surface area (Å²) >= 11 is 0. The Morgan fingerprint density at radius 2 is 2.40 bits per heavy atom. The number of H-pyrrole nitrogens is 1. The van der Waals surface area contributed by atoms with Crippen molar-refractivity contribution in [2.45, 2.75) is 45.2 Å². The van der Waals surface area contributed by atoms with E-state index in [1.165, 1.54) is 30.6 Å². The Morgan fingerprint density at radius 3 is 3.20 bits per heavy atom. The largest absolute Gasteiger partial charge is 0.298 e. The van der Waals surface area contributed by atoms with E-state index in [-0.39, 0.29) is 0 Å². The van der Waals surface area contributed by atoms with E-state index in [0.717, 1.165) is 26.1 Å². The quantitative estimate of drug-likeness (QED) is 0.910. The van der Waals surface area contributed by atoms with E-state index >= 15 is 0 Å². The predicted octanol–water partition coefficient (Wildman–Crippen LogP) is 2.40. The third-order valence-corrected chi connectivity index (χ3v) is 4.01. The standard InChI is InChI=1S/C15H23N5/c1-2-7-20-11-13(9-17-20)10-19-8-3-4-14(12-19)15-5-6-16-18-15/h5-6,9,11,14H,2-4,7-8,10,12H2,1H3,(H,16,18)/t14-/m0/s1. The molecule has 1 aliphatic rings. The number of nitrogens with zero attached hydrogens (tertiary/aromatic N) is 4. The molecule has 0 saturated carbocycles. The first-order valence-corrected chi connectivity index (χ1v) is 7.58. The van der Waals surface area contributed by atoms with Crippen LogP contribution >= 0.6 is 0 Å². The summed E-state index contributed by atoms with van der Waals surface area (Å²) in [5.41, 5.74) is 2.60. The number of aryl methyl sites for hydroxylation is 1. The van der Waals surface area contributed by atoms with Crippen LogP contribution in [0.25, 0.3) is 0 Å². The molecule has 2 aromatic rings. The number of nitrogens with one attached hydrogen (secondary N) is 1. The van der Waals surface area contributed by atoms with Gasteiger partial charge in [0, 0.05) is 49.2 Å². The molecule has 5 nitrogen and oxygen atoms in total. The summed E-state index contributed by atoms with van der Waals surface area (Å²) in [6, 6.07) is 2.10. The lowest BCUT2D eigenvalue weighted by atomic mass is 9.95. The maximum absolute atomic E-state index is 4.41. The van der Waals surface area contributed by atoms with Gasteiger partial charge >= 0.3 is 0 Å². The van der Waals surface area contributed by atoms with Crippen molar-refractivity contribution in [2.24, 2.45) is 0 Å². The lowest BCUT2D eigenvalue weighted by molar-refractivity contribution is 0.198. The van der Waals surface area contributed by atoms with Crippen molar-refractivity contribution in [3.8, 4) is 0 Å². The number of hydrogen-bond acceptors (Lipinski definition) is 3. The molecule has 0 bridgehead atoms. The molecule has 0 unspecified atom stereocenters. The van der Waals surface area contributed by atoms with E-state index in [9.17, 15) is 0 Å². The molecule has 1 aliphatic heterocycles. The fourth-order valence-electron chi connectivity index (χ4n) is 3.04. The van der Waals surface area contributed by atoms with Crippen LogP contribution in [0.2, 0.25) is 0 Å². The van der Waals surface area contributed by atoms with Gasteiger partial charge in [0.25, 0.3) is 0 Å². The highest BCUT2D eigenvalue weighted by molar-refractivity contribution is 5.09. The highest BCUT2D eigenvalue weighted by atomic mass is 15.3. The van der Waals surface area contributed by atoms with Crippen LogP contribution in [0.4, 0.5) is 0 Å². The van der Waals surface area contributed by atoms with Crippen molar-refractivity contribution in [1.29, 1.82) is 0 Å². The van der Waals surface area contributed by atoms with Crippen molar-refractivity contribution in [3.05, 3.63) is 35.9 Å². The van der Waals surface area contributed by atoms with Crippen molar-refractivity contribution in [3.63, 3.8) is 0 Å². The number of rotatable bonds is 5. The molecule has 0 amide bonds. The van der Waals surface area contributed by atoms with E-state index in [1.54, 1.807) is 0 Å². The van der Waals surface area contributed by atoms with Crippen LogP contribution in [0.3, 0.4) is 0 Å². The topological polar surface area (TPSA) is 49.7 Å². The fourth-order valence-corrected chi connectivity index (χ4v) is 3.04. The van der Waals surface area contributed by atoms with Crippen molar-refractivity contribution in [1.82, 2.24) is 24.9 Å². The Balaban J connectivity index is 1.59. The summed E-state index contributed by atoms with van der Waals surface area (Å²) in [6.45, 7) is 6.50. The zero-order valence-electron chi connectivity index (χ0n) is 12.1. The molecule has 20 heavy (non-hydrogen) atoms. The van der Waals surface area contributed by atoms with Gasteiger partial charge in [0.05, 0.1) is 6.20 Å². The highest BCUT2D eigenvalue weighted by Crippen LogP contribution is 2.26. The second-order valence-electron chi connectivity index (χ2n) is 5.70. The molecule has 0 spiro atoms. The molecule has 2 aromatic heterocycles. The Hall–Kier alpha value is -1.62. The average Bonchev–Trinajstić information content (AvgIpc) is 3.11. The zero-order chi connectivity index (χ0) is 13.8. The Kier molecular flexibility index (Phi) is 4.16. The highest BCUT2D eigenvalue weighted by Gasteiger charge is 2.22. The third-order valence-electron chi connectivity index (χ3n) is 4.01. The van der Waals surface area contributed by atoms with Crippen molar-refractivity contribution < 1.29 is 0 Å². The maximum Gasteiger partial charge on any atom is 0.0534 e. The predicted molar refractivity (Wildman–Crippen MR) is 78.4 cm³/mol. The van der Waals surface area contributed by atoms with Crippen LogP contribution in [0.15, 0.2) is 24.7 Å². The van der Waals surface area contributed by atoms with Crippen LogP contribution in [-0.2, 0) is 13.1 Å². The van der Waals surface area contributed by atoms with E-state index in [1.807, 2.05) is 17.1 Å². The van der Waals surface area contributed by atoms with Crippen LogP contribution < -0.4 is 0 Å². The van der Waals surface area contributed by atoms with Crippen LogP contribution in [0.5, 0.6) is 0 Å². The van der Waals surface area contributed by atoms with Crippen LogP contribution in [-0.4, -0.2) is 38.0 Å². The first-order chi connectivity index (χ1) is 9.85. The molecule has 3 rings (SSSR count). The smallest absolute Gasteiger partial charge is 0.0534 e. The molecule has 1 atom stereocenters. The summed E-state index contributed by atoms with van der Waals surface area (Å²) in [5, 5.41) is 11.6. The number of piperidine rings is 1. The number of likely N-dealkylation sites (tertiary alicyclic amines) is 1. The Morgan fingerprint density at radius 1 is 1.45 bits per heavy atom. The van der Waals surface area contributed by atoms with Gasteiger partial charge in [0.1, 0.15) is 0 Å². The molecular weight excluding hydrogens is 250 g/mol. The van der Waals surface area contributed by atoms with Gasteiger partial charge in [0.2, 0.25) is 0 Å². The third kappa shape index (κ3) is 3.10. The Labute approximate surface area is 120 Å². The second kappa shape index (κ2) is 6.22. The molecule has 1 N–H and O–H groups in total. The first-order valence-electron chi connectivity index (χ1n) is 7.58. The van der Waals surface area contributed by atoms with E-state index in [4.69, 9.17) is 0 Å². The minimum Gasteiger partial charge on any atom is -0.298 e. The SMILES string of the molecule is CCCn1cc(CN2CCC[C@H](c3ccn[nH]3)C2)cn1. The monoisotopic (exact) mass is 273 g/mol. The lowest BCUT2D eigenvalue weighted by Gasteiger charge is -2.31. The zero-order valence-corrected chi connectivity index (χ0v) is 12.1. The molecule has 0 radical (unpaired) electrons. The molecule has 0 aliphatic carbocycles. The normalized spacial score (nSPS) is 20.4. The van der Waals surface area contributed by atoms with Gasteiger partial charge in [0.15, 0.2) is 0 Å². The Bertz CT molecular complexity index is 516. The van der Waals surface area contributed by atoms with E-state index in [0.29, 0.717) is 5.92 Å². The van der Waals surface area contributed by atoms with Gasteiger partial charge < -0.3 is 0 Å². The second-order valence-corrected chi connectivity index (χ2v) is 5.70. The number of aromatic amines is 1. The number of aromatic nitrogens is 4. The van der Waals surface area contributed by atoms with Gasteiger partial charge in [-0.3, -0.25) is 14.7 Å². The van der Waals surface area contributed by atoms with Crippen molar-refractivity contribution in [2.75, 3.05) is 13.1 Å². The van der Waals surface area contributed by atoms with Crippen molar-refractivity contribution >= 4 is 0 Å². The minimum atomic E-state index is 0.594. The minimum absolute atomic E-state index is 0.594. The van der Waals surface area contributed by atoms with Crippen LogP contribution in [0.1, 0.15) is 43.4 Å². The van der Waals surface area contributed by atoms with Gasteiger partial charge in [-0.25, -0.2) is 0 Å². The van der Waals surface area contributed by atoms with E-state index < -0.39 is 0 Å². The summed E-state index contributed by atoms with van der Waals surface area (Å²) in [7, 11) is 0. The first kappa shape index (κ1) is 13.4. The van der Waals surface area contributed by atoms with Gasteiger partial charge in [-0.2, -0.15) is 10.2 Å². The maximum atomic E-state index is 4.41. The molecular formula is C15H23N5. The summed E-state index contributed by atoms with van der Waals surface area (Å²) in [4.78, 5) is 2.53. The summed E-state index contributed by atoms with van der Waals surface area (Å²) < 4.78 is 2.05. The average molecular weight is 273 g/mol. The fraction of sp³-hybridized carbons (Fsp3) is 0.600.